The second-order valence-electron chi connectivity index (χ2n) is 6.75. The predicted molar refractivity (Wildman–Crippen MR) is 90.2 cm³/mol. The molecule has 0 aromatic carbocycles. The number of nitrogens with zero attached hydrogens (tertiary/aromatic N) is 1. The number of hydrogen-bond acceptors (Lipinski definition) is 4. The monoisotopic (exact) mass is 336 g/mol. The first-order valence-corrected chi connectivity index (χ1v) is 9.23. The first kappa shape index (κ1) is 16.4. The van der Waals surface area contributed by atoms with E-state index in [4.69, 9.17) is 0 Å². The summed E-state index contributed by atoms with van der Waals surface area (Å²) in [6.45, 7) is 4.17. The van der Waals surface area contributed by atoms with E-state index < -0.39 is 10.8 Å². The number of fused-ring (bicyclic) bond motifs is 1. The zero-order chi connectivity index (χ0) is 16.4. The average Bonchev–Trinajstić information content (AvgIpc) is 2.74. The molecule has 1 fully saturated rings. The Kier molecular flexibility index (Phi) is 4.66. The van der Waals surface area contributed by atoms with Crippen molar-refractivity contribution in [2.75, 3.05) is 5.75 Å². The molecule has 0 bridgehead atoms. The number of thioether (sulfide) groups is 1. The van der Waals surface area contributed by atoms with Crippen LogP contribution in [0.15, 0.2) is 0 Å². The highest BCUT2D eigenvalue weighted by Crippen LogP contribution is 2.29. The molecular formula is C16H24N4O2S. The Morgan fingerprint density at radius 2 is 2.13 bits per heavy atom. The van der Waals surface area contributed by atoms with Crippen LogP contribution in [-0.2, 0) is 29.0 Å². The standard InChI is InChI=1S/C16H24N4O2S/c1-16(2)15(22)18-13(9-23-16)14(21)17-8-12-10-6-4-3-5-7-11(10)19-20-12/h13H,3-9H2,1-2H3,(H,17,21)(H,18,22)(H,19,20)/t13-/m0/s1. The normalized spacial score (nSPS) is 23.6. The molecule has 6 nitrogen and oxygen atoms in total. The second-order valence-corrected chi connectivity index (χ2v) is 8.40. The molecule has 1 aromatic rings. The molecule has 1 aliphatic heterocycles. The number of carbonyl (C=O) groups is 2. The van der Waals surface area contributed by atoms with Crippen molar-refractivity contribution in [3.05, 3.63) is 17.0 Å². The lowest BCUT2D eigenvalue weighted by Gasteiger charge is -2.32. The largest absolute Gasteiger partial charge is 0.349 e. The molecule has 3 rings (SSSR count). The number of aromatic nitrogens is 2. The lowest BCUT2D eigenvalue weighted by Crippen LogP contribution is -2.57. The van der Waals surface area contributed by atoms with Gasteiger partial charge in [0.15, 0.2) is 0 Å². The number of nitrogens with one attached hydrogen (secondary N) is 3. The lowest BCUT2D eigenvalue weighted by molar-refractivity contribution is -0.129. The maximum atomic E-state index is 12.3. The number of hydrogen-bond donors (Lipinski definition) is 3. The van der Waals surface area contributed by atoms with Crippen molar-refractivity contribution in [3.63, 3.8) is 0 Å². The van der Waals surface area contributed by atoms with E-state index in [0.717, 1.165) is 18.5 Å². The summed E-state index contributed by atoms with van der Waals surface area (Å²) in [6.07, 6.45) is 5.69. The Labute approximate surface area is 140 Å². The van der Waals surface area contributed by atoms with Gasteiger partial charge in [0.2, 0.25) is 11.8 Å². The second kappa shape index (κ2) is 6.55. The molecule has 1 saturated heterocycles. The third-order valence-corrected chi connectivity index (χ3v) is 6.01. The van der Waals surface area contributed by atoms with Gasteiger partial charge < -0.3 is 10.6 Å². The van der Waals surface area contributed by atoms with Gasteiger partial charge in [0.1, 0.15) is 6.04 Å². The number of H-pyrrole nitrogens is 1. The van der Waals surface area contributed by atoms with Crippen molar-refractivity contribution < 1.29 is 9.59 Å². The Hall–Kier alpha value is -1.50. The van der Waals surface area contributed by atoms with Crippen LogP contribution in [0.3, 0.4) is 0 Å². The molecule has 126 valence electrons. The van der Waals surface area contributed by atoms with Crippen LogP contribution in [0.1, 0.15) is 50.1 Å². The molecule has 0 unspecified atom stereocenters. The number of amides is 2. The average molecular weight is 336 g/mol. The summed E-state index contributed by atoms with van der Waals surface area (Å²) in [5.74, 6) is 0.387. The number of rotatable bonds is 3. The van der Waals surface area contributed by atoms with Gasteiger partial charge in [-0.25, -0.2) is 0 Å². The molecule has 2 heterocycles. The highest BCUT2D eigenvalue weighted by molar-refractivity contribution is 8.01. The number of carbonyl (C=O) groups excluding carboxylic acids is 2. The van der Waals surface area contributed by atoms with Crippen LogP contribution in [0.4, 0.5) is 0 Å². The van der Waals surface area contributed by atoms with Gasteiger partial charge in [-0.3, -0.25) is 14.7 Å². The van der Waals surface area contributed by atoms with Crippen LogP contribution < -0.4 is 10.6 Å². The van der Waals surface area contributed by atoms with E-state index in [1.54, 1.807) is 0 Å². The summed E-state index contributed by atoms with van der Waals surface area (Å²) < 4.78 is -0.462. The van der Waals surface area contributed by atoms with Crippen molar-refractivity contribution in [3.8, 4) is 0 Å². The van der Waals surface area contributed by atoms with Gasteiger partial charge in [0, 0.05) is 11.4 Å². The van der Waals surface area contributed by atoms with Crippen molar-refractivity contribution >= 4 is 23.6 Å². The van der Waals surface area contributed by atoms with E-state index >= 15 is 0 Å². The van der Waals surface area contributed by atoms with Gasteiger partial charge >= 0.3 is 0 Å². The number of aromatic amines is 1. The summed E-state index contributed by atoms with van der Waals surface area (Å²) in [4.78, 5) is 24.3. The minimum Gasteiger partial charge on any atom is -0.349 e. The fourth-order valence-corrected chi connectivity index (χ4v) is 4.05. The Morgan fingerprint density at radius 1 is 1.35 bits per heavy atom. The van der Waals surface area contributed by atoms with Gasteiger partial charge in [0.25, 0.3) is 0 Å². The van der Waals surface area contributed by atoms with Crippen LogP contribution in [0.2, 0.25) is 0 Å². The molecule has 0 radical (unpaired) electrons. The molecule has 2 aliphatic rings. The van der Waals surface area contributed by atoms with E-state index in [-0.39, 0.29) is 11.8 Å². The summed E-state index contributed by atoms with van der Waals surface area (Å²) in [6, 6.07) is -0.460. The van der Waals surface area contributed by atoms with Crippen LogP contribution >= 0.6 is 11.8 Å². The zero-order valence-electron chi connectivity index (χ0n) is 13.7. The van der Waals surface area contributed by atoms with Gasteiger partial charge in [-0.15, -0.1) is 11.8 Å². The van der Waals surface area contributed by atoms with Crippen molar-refractivity contribution in [2.45, 2.75) is 63.3 Å². The smallest absolute Gasteiger partial charge is 0.243 e. The van der Waals surface area contributed by atoms with Crippen molar-refractivity contribution in [1.29, 1.82) is 0 Å². The SMILES string of the molecule is CC1(C)SC[C@@H](C(=O)NCc2n[nH]c3c2CCCCC3)NC1=O. The molecule has 1 aliphatic carbocycles. The third kappa shape index (κ3) is 3.54. The van der Waals surface area contributed by atoms with Gasteiger partial charge in [-0.05, 0) is 45.1 Å². The highest BCUT2D eigenvalue weighted by Gasteiger charge is 2.37. The van der Waals surface area contributed by atoms with Crippen LogP contribution in [-0.4, -0.2) is 38.6 Å². The van der Waals surface area contributed by atoms with E-state index in [0.29, 0.717) is 12.3 Å². The van der Waals surface area contributed by atoms with Crippen LogP contribution in [0.25, 0.3) is 0 Å². The Balaban J connectivity index is 1.58. The summed E-state index contributed by atoms with van der Waals surface area (Å²) >= 11 is 1.52. The zero-order valence-corrected chi connectivity index (χ0v) is 14.5. The van der Waals surface area contributed by atoms with E-state index in [9.17, 15) is 9.59 Å². The van der Waals surface area contributed by atoms with Gasteiger partial charge in [-0.2, -0.15) is 5.10 Å². The molecular weight excluding hydrogens is 312 g/mol. The number of aryl methyl sites for hydroxylation is 1. The maximum Gasteiger partial charge on any atom is 0.243 e. The lowest BCUT2D eigenvalue weighted by atomic mass is 10.1. The van der Waals surface area contributed by atoms with Crippen LogP contribution in [0, 0.1) is 0 Å². The first-order valence-electron chi connectivity index (χ1n) is 8.25. The summed E-state index contributed by atoms with van der Waals surface area (Å²) in [5, 5.41) is 13.2. The Morgan fingerprint density at radius 3 is 2.91 bits per heavy atom. The fraction of sp³-hybridized carbons (Fsp3) is 0.688. The highest BCUT2D eigenvalue weighted by atomic mass is 32.2. The van der Waals surface area contributed by atoms with Crippen LogP contribution in [0.5, 0.6) is 0 Å². The van der Waals surface area contributed by atoms with Gasteiger partial charge in [-0.1, -0.05) is 6.42 Å². The quantitative estimate of drug-likeness (QED) is 0.726. The molecule has 1 aromatic heterocycles. The molecule has 2 amide bonds. The molecule has 1 atom stereocenters. The third-order valence-electron chi connectivity index (χ3n) is 4.60. The maximum absolute atomic E-state index is 12.3. The van der Waals surface area contributed by atoms with E-state index in [1.807, 2.05) is 13.8 Å². The topological polar surface area (TPSA) is 86.9 Å². The summed E-state index contributed by atoms with van der Waals surface area (Å²) in [7, 11) is 0. The van der Waals surface area contributed by atoms with Crippen molar-refractivity contribution in [1.82, 2.24) is 20.8 Å². The minimum absolute atomic E-state index is 0.0810. The molecule has 3 N–H and O–H groups in total. The fourth-order valence-electron chi connectivity index (χ4n) is 3.04. The van der Waals surface area contributed by atoms with Gasteiger partial charge in [0.05, 0.1) is 17.0 Å². The minimum atomic E-state index is -0.462. The molecule has 7 heteroatoms. The van der Waals surface area contributed by atoms with E-state index in [1.165, 1.54) is 42.3 Å². The predicted octanol–water partition coefficient (Wildman–Crippen LogP) is 1.30. The molecule has 23 heavy (non-hydrogen) atoms. The first-order chi connectivity index (χ1) is 11.0. The van der Waals surface area contributed by atoms with E-state index in [2.05, 4.69) is 20.8 Å². The molecule has 0 saturated carbocycles. The Bertz CT molecular complexity index is 611. The van der Waals surface area contributed by atoms with Crippen molar-refractivity contribution in [2.24, 2.45) is 0 Å². The summed E-state index contributed by atoms with van der Waals surface area (Å²) in [5.41, 5.74) is 3.42. The molecule has 0 spiro atoms.